The van der Waals surface area contributed by atoms with Crippen LogP contribution < -0.4 is 5.56 Å². The van der Waals surface area contributed by atoms with Gasteiger partial charge in [-0.1, -0.05) is 43.4 Å². The van der Waals surface area contributed by atoms with E-state index in [4.69, 9.17) is 0 Å². The Balaban J connectivity index is 2.38. The quantitative estimate of drug-likeness (QED) is 0.593. The van der Waals surface area contributed by atoms with Gasteiger partial charge in [0.2, 0.25) is 19.1 Å². The maximum Gasteiger partial charge on any atom is 0.275 e. The Kier molecular flexibility index (Phi) is 5.32. The van der Waals surface area contributed by atoms with Gasteiger partial charge in [-0.3, -0.25) is 4.79 Å². The summed E-state index contributed by atoms with van der Waals surface area (Å²) in [5, 5.41) is 4.09. The van der Waals surface area contributed by atoms with Gasteiger partial charge in [-0.25, -0.2) is 8.42 Å². The van der Waals surface area contributed by atoms with Crippen LogP contribution in [0.4, 0.5) is 0 Å². The third-order valence-corrected chi connectivity index (χ3v) is 6.18. The van der Waals surface area contributed by atoms with E-state index in [1.165, 1.54) is 10.6 Å². The molecule has 0 aromatic carbocycles. The second kappa shape index (κ2) is 7.03. The summed E-state index contributed by atoms with van der Waals surface area (Å²) in [6, 6.07) is 1.25. The maximum atomic E-state index is 12.3. The van der Waals surface area contributed by atoms with Crippen molar-refractivity contribution >= 4 is 26.1 Å². The van der Waals surface area contributed by atoms with Crippen LogP contribution in [0.15, 0.2) is 15.2 Å². The highest BCUT2D eigenvalue weighted by Gasteiger charge is 2.21. The number of fused-ring (bicyclic) bond motifs is 1. The number of unbranched alkanes of at least 4 members (excludes halogenated alkanes) is 3. The molecule has 0 saturated carbocycles. The van der Waals surface area contributed by atoms with Gasteiger partial charge >= 0.3 is 0 Å². The fraction of sp³-hybridized carbons (Fsp3) is 0.500. The maximum absolute atomic E-state index is 12.3. The number of nitrogens with zero attached hydrogens (tertiary/aromatic N) is 3. The van der Waals surface area contributed by atoms with Gasteiger partial charge in [0.25, 0.3) is 5.56 Å². The minimum absolute atomic E-state index is 0.0127. The Morgan fingerprint density at radius 3 is 2.77 bits per heavy atom. The van der Waals surface area contributed by atoms with E-state index in [1.54, 1.807) is 6.92 Å². The summed E-state index contributed by atoms with van der Waals surface area (Å²) >= 11 is 0.907. The molecule has 118 valence electrons. The third kappa shape index (κ3) is 3.72. The Bertz CT molecular complexity index is 885. The summed E-state index contributed by atoms with van der Waals surface area (Å²) in [6.07, 6.45) is 3.55. The van der Waals surface area contributed by atoms with E-state index < -0.39 is 15.4 Å². The summed E-state index contributed by atoms with van der Waals surface area (Å²) in [5.41, 5.74) is -0.102. The molecule has 0 amide bonds. The largest absolute Gasteiger partial charge is 0.275 e. The standard InChI is InChI=1S/C14H17N3O3S2/c1-3-5-6-7-9-22(19,20)14-16-17-11(8-4-2)10-12(18)15-13(17)21-14/h10H,3,5-7,9H2,1-2H3. The number of sulfone groups is 1. The normalized spacial score (nSPS) is 11.4. The number of hydrogen-bond donors (Lipinski definition) is 0. The van der Waals surface area contributed by atoms with E-state index in [2.05, 4.69) is 28.8 Å². The van der Waals surface area contributed by atoms with Crippen molar-refractivity contribution in [1.29, 1.82) is 0 Å². The van der Waals surface area contributed by atoms with Gasteiger partial charge in [0.05, 0.1) is 5.75 Å². The van der Waals surface area contributed by atoms with Crippen LogP contribution in [0.3, 0.4) is 0 Å². The van der Waals surface area contributed by atoms with Crippen molar-refractivity contribution in [2.45, 2.75) is 43.9 Å². The van der Waals surface area contributed by atoms with Gasteiger partial charge in [0.15, 0.2) is 0 Å². The zero-order chi connectivity index (χ0) is 16.2. The molecule has 0 atom stereocenters. The molecule has 0 unspecified atom stereocenters. The summed E-state index contributed by atoms with van der Waals surface area (Å²) in [6.45, 7) is 3.70. The zero-order valence-corrected chi connectivity index (χ0v) is 14.1. The smallest absolute Gasteiger partial charge is 0.267 e. The highest BCUT2D eigenvalue weighted by Crippen LogP contribution is 2.20. The summed E-state index contributed by atoms with van der Waals surface area (Å²) in [7, 11) is -3.45. The van der Waals surface area contributed by atoms with E-state index >= 15 is 0 Å². The molecule has 2 aromatic heterocycles. The molecule has 0 radical (unpaired) electrons. The highest BCUT2D eigenvalue weighted by molar-refractivity contribution is 7.93. The molecule has 0 aliphatic heterocycles. The van der Waals surface area contributed by atoms with E-state index in [0.717, 1.165) is 30.6 Å². The Hall–Kier alpha value is -1.72. The zero-order valence-electron chi connectivity index (χ0n) is 12.5. The molecule has 2 heterocycles. The first kappa shape index (κ1) is 16.6. The lowest BCUT2D eigenvalue weighted by atomic mass is 10.2. The Morgan fingerprint density at radius 2 is 2.09 bits per heavy atom. The molecule has 22 heavy (non-hydrogen) atoms. The molecule has 0 spiro atoms. The molecule has 0 aliphatic rings. The Morgan fingerprint density at radius 1 is 1.32 bits per heavy atom. The van der Waals surface area contributed by atoms with Crippen molar-refractivity contribution in [3.8, 4) is 11.8 Å². The van der Waals surface area contributed by atoms with Crippen LogP contribution in [0.25, 0.3) is 4.96 Å². The van der Waals surface area contributed by atoms with Crippen molar-refractivity contribution in [1.82, 2.24) is 14.6 Å². The van der Waals surface area contributed by atoms with E-state index in [0.29, 0.717) is 12.1 Å². The molecular weight excluding hydrogens is 322 g/mol. The van der Waals surface area contributed by atoms with E-state index in [9.17, 15) is 13.2 Å². The number of rotatable bonds is 6. The summed E-state index contributed by atoms with van der Waals surface area (Å²) in [5.74, 6) is 5.48. The van der Waals surface area contributed by atoms with Crippen LogP contribution in [0.2, 0.25) is 0 Å². The molecule has 0 N–H and O–H groups in total. The monoisotopic (exact) mass is 339 g/mol. The van der Waals surface area contributed by atoms with Crippen LogP contribution in [0.1, 0.15) is 45.2 Å². The molecule has 2 rings (SSSR count). The highest BCUT2D eigenvalue weighted by atomic mass is 32.2. The van der Waals surface area contributed by atoms with Crippen LogP contribution >= 0.6 is 11.3 Å². The molecule has 0 saturated heterocycles. The average Bonchev–Trinajstić information content (AvgIpc) is 2.89. The van der Waals surface area contributed by atoms with Crippen molar-refractivity contribution in [2.24, 2.45) is 0 Å². The van der Waals surface area contributed by atoms with Crippen molar-refractivity contribution in [2.75, 3.05) is 5.75 Å². The van der Waals surface area contributed by atoms with Crippen LogP contribution in [-0.4, -0.2) is 28.8 Å². The summed E-state index contributed by atoms with van der Waals surface area (Å²) < 4.78 is 25.9. The predicted molar refractivity (Wildman–Crippen MR) is 85.9 cm³/mol. The second-order valence-corrected chi connectivity index (χ2v) is 8.04. The van der Waals surface area contributed by atoms with Crippen molar-refractivity contribution in [3.63, 3.8) is 0 Å². The lowest BCUT2D eigenvalue weighted by molar-refractivity contribution is 0.586. The van der Waals surface area contributed by atoms with Gasteiger partial charge in [-0.05, 0) is 19.3 Å². The third-order valence-electron chi connectivity index (χ3n) is 3.02. The molecule has 0 fully saturated rings. The van der Waals surface area contributed by atoms with Crippen molar-refractivity contribution < 1.29 is 8.42 Å². The first-order valence-electron chi connectivity index (χ1n) is 7.04. The molecular formula is C14H17N3O3S2. The van der Waals surface area contributed by atoms with Gasteiger partial charge in [0.1, 0.15) is 5.69 Å². The van der Waals surface area contributed by atoms with E-state index in [1.807, 2.05) is 0 Å². The first-order chi connectivity index (χ1) is 10.5. The molecule has 0 bridgehead atoms. The first-order valence-corrected chi connectivity index (χ1v) is 9.51. The van der Waals surface area contributed by atoms with Crippen LogP contribution in [0, 0.1) is 11.8 Å². The lowest BCUT2D eigenvalue weighted by Gasteiger charge is -1.99. The Labute approximate surface area is 133 Å². The lowest BCUT2D eigenvalue weighted by Crippen LogP contribution is -2.10. The predicted octanol–water partition coefficient (Wildman–Crippen LogP) is 1.88. The van der Waals surface area contributed by atoms with Gasteiger partial charge in [-0.2, -0.15) is 9.50 Å². The molecule has 6 nitrogen and oxygen atoms in total. The van der Waals surface area contributed by atoms with Gasteiger partial charge in [0, 0.05) is 6.07 Å². The summed E-state index contributed by atoms with van der Waals surface area (Å²) in [4.78, 5) is 15.6. The minimum atomic E-state index is -3.45. The fourth-order valence-corrected chi connectivity index (χ4v) is 4.53. The van der Waals surface area contributed by atoms with Gasteiger partial charge < -0.3 is 0 Å². The van der Waals surface area contributed by atoms with Crippen LogP contribution in [0.5, 0.6) is 0 Å². The number of aromatic nitrogens is 3. The number of hydrogen-bond acceptors (Lipinski definition) is 6. The fourth-order valence-electron chi connectivity index (χ4n) is 1.95. The average molecular weight is 339 g/mol. The molecule has 2 aromatic rings. The SMILES string of the molecule is CC#Cc1cc(=O)nc2sc(S(=O)(=O)CCCCCC)nn12. The van der Waals surface area contributed by atoms with Crippen LogP contribution in [-0.2, 0) is 9.84 Å². The van der Waals surface area contributed by atoms with Crippen molar-refractivity contribution in [3.05, 3.63) is 22.1 Å². The van der Waals surface area contributed by atoms with Gasteiger partial charge in [-0.15, -0.1) is 5.10 Å². The second-order valence-electron chi connectivity index (χ2n) is 4.80. The topological polar surface area (TPSA) is 81.4 Å². The minimum Gasteiger partial charge on any atom is -0.267 e. The molecule has 0 aliphatic carbocycles. The molecule has 8 heteroatoms. The van der Waals surface area contributed by atoms with E-state index in [-0.39, 0.29) is 15.1 Å².